The first kappa shape index (κ1) is 12.4. The summed E-state index contributed by atoms with van der Waals surface area (Å²) < 4.78 is 61.4. The number of aliphatic hydroxyl groups is 1. The third-order valence-electron chi connectivity index (χ3n) is 1.52. The monoisotopic (exact) mass is 294 g/mol. The first-order valence-electron chi connectivity index (χ1n) is 3.49. The maximum absolute atomic E-state index is 12.8. The van der Waals surface area contributed by atoms with E-state index in [2.05, 4.69) is 21.0 Å². The number of hydrogen-bond acceptors (Lipinski definition) is 2. The molecule has 0 radical (unpaired) electrons. The molecule has 86 valence electrons. The zero-order chi connectivity index (χ0) is 11.9. The Morgan fingerprint density at radius 2 is 1.87 bits per heavy atom. The van der Waals surface area contributed by atoms with Gasteiger partial charge in [-0.15, -0.1) is 0 Å². The van der Waals surface area contributed by atoms with Gasteiger partial charge in [0.15, 0.2) is 5.69 Å². The normalized spacial score (nSPS) is 13.3. The number of hydrogen-bond donors (Lipinski definition) is 1. The van der Waals surface area contributed by atoms with Gasteiger partial charge in [-0.2, -0.15) is 27.1 Å². The molecule has 0 unspecified atom stereocenters. The predicted molar refractivity (Wildman–Crippen MR) is 42.1 cm³/mol. The molecule has 1 heterocycles. The van der Waals surface area contributed by atoms with E-state index in [0.29, 0.717) is 4.68 Å². The standard InChI is InChI=1S/C6H4BrF5N2O/c7-3-1-14(2-15)13-4(3)5(8,9)6(10,11)12/h1,15H,2H2. The zero-order valence-corrected chi connectivity index (χ0v) is 8.48. The van der Waals surface area contributed by atoms with E-state index in [4.69, 9.17) is 5.11 Å². The van der Waals surface area contributed by atoms with Gasteiger partial charge in [0, 0.05) is 6.20 Å². The molecule has 0 bridgehead atoms. The average Bonchev–Trinajstić information content (AvgIpc) is 2.45. The molecule has 0 fully saturated rings. The molecular formula is C6H4BrF5N2O. The van der Waals surface area contributed by atoms with Crippen LogP contribution >= 0.6 is 15.9 Å². The molecule has 0 spiro atoms. The highest BCUT2D eigenvalue weighted by atomic mass is 79.9. The van der Waals surface area contributed by atoms with Crippen LogP contribution in [-0.4, -0.2) is 21.1 Å². The summed E-state index contributed by atoms with van der Waals surface area (Å²) in [6, 6.07) is 0. The third kappa shape index (κ3) is 2.12. The van der Waals surface area contributed by atoms with Crippen molar-refractivity contribution in [1.29, 1.82) is 0 Å². The van der Waals surface area contributed by atoms with Gasteiger partial charge in [-0.05, 0) is 15.9 Å². The highest BCUT2D eigenvalue weighted by molar-refractivity contribution is 9.10. The van der Waals surface area contributed by atoms with Crippen molar-refractivity contribution in [2.75, 3.05) is 0 Å². The minimum absolute atomic E-state index is 0.515. The average molecular weight is 295 g/mol. The van der Waals surface area contributed by atoms with Crippen LogP contribution in [0.2, 0.25) is 0 Å². The first-order chi connectivity index (χ1) is 6.70. The highest BCUT2D eigenvalue weighted by Crippen LogP contribution is 2.45. The van der Waals surface area contributed by atoms with Crippen LogP contribution in [0.25, 0.3) is 0 Å². The summed E-state index contributed by atoms with van der Waals surface area (Å²) in [7, 11) is 0. The molecule has 0 aliphatic heterocycles. The lowest BCUT2D eigenvalue weighted by Crippen LogP contribution is -2.34. The van der Waals surface area contributed by atoms with Crippen molar-refractivity contribution in [3.05, 3.63) is 16.4 Å². The summed E-state index contributed by atoms with van der Waals surface area (Å²) >= 11 is 2.51. The Hall–Kier alpha value is -0.700. The molecule has 0 atom stereocenters. The summed E-state index contributed by atoms with van der Waals surface area (Å²) in [5.41, 5.74) is -1.47. The number of halogens is 6. The quantitative estimate of drug-likeness (QED) is 0.850. The van der Waals surface area contributed by atoms with Crippen molar-refractivity contribution in [1.82, 2.24) is 9.78 Å². The van der Waals surface area contributed by atoms with E-state index >= 15 is 0 Å². The number of alkyl halides is 5. The van der Waals surface area contributed by atoms with Gasteiger partial charge in [0.1, 0.15) is 6.73 Å². The largest absolute Gasteiger partial charge is 0.459 e. The second kappa shape index (κ2) is 3.71. The third-order valence-corrected chi connectivity index (χ3v) is 2.10. The van der Waals surface area contributed by atoms with Gasteiger partial charge in [-0.25, -0.2) is 4.68 Å². The second-order valence-corrected chi connectivity index (χ2v) is 3.43. The van der Waals surface area contributed by atoms with Crippen LogP contribution in [0.5, 0.6) is 0 Å². The number of aliphatic hydroxyl groups excluding tert-OH is 1. The molecule has 0 saturated carbocycles. The Morgan fingerprint density at radius 3 is 2.20 bits per heavy atom. The molecular weight excluding hydrogens is 291 g/mol. The summed E-state index contributed by atoms with van der Waals surface area (Å²) in [6.45, 7) is -0.785. The molecule has 15 heavy (non-hydrogen) atoms. The minimum atomic E-state index is -5.72. The van der Waals surface area contributed by atoms with Crippen molar-refractivity contribution in [2.24, 2.45) is 0 Å². The molecule has 3 nitrogen and oxygen atoms in total. The van der Waals surface area contributed by atoms with Gasteiger partial charge in [-0.3, -0.25) is 0 Å². The van der Waals surface area contributed by atoms with Crippen molar-refractivity contribution >= 4 is 15.9 Å². The fourth-order valence-electron chi connectivity index (χ4n) is 0.817. The van der Waals surface area contributed by atoms with Gasteiger partial charge >= 0.3 is 12.1 Å². The smallest absolute Gasteiger partial charge is 0.374 e. The fraction of sp³-hybridized carbons (Fsp3) is 0.500. The van der Waals surface area contributed by atoms with Crippen LogP contribution in [0.4, 0.5) is 22.0 Å². The lowest BCUT2D eigenvalue weighted by Gasteiger charge is -2.17. The Morgan fingerprint density at radius 1 is 1.33 bits per heavy atom. The van der Waals surface area contributed by atoms with Crippen LogP contribution in [-0.2, 0) is 12.7 Å². The molecule has 1 rings (SSSR count). The van der Waals surface area contributed by atoms with E-state index < -0.39 is 29.0 Å². The van der Waals surface area contributed by atoms with E-state index in [9.17, 15) is 22.0 Å². The van der Waals surface area contributed by atoms with Crippen LogP contribution < -0.4 is 0 Å². The Balaban J connectivity index is 3.20. The Bertz CT molecular complexity index is 361. The van der Waals surface area contributed by atoms with E-state index in [1.54, 1.807) is 0 Å². The summed E-state index contributed by atoms with van der Waals surface area (Å²) in [4.78, 5) is 0. The SMILES string of the molecule is OCn1cc(Br)c(C(F)(F)C(F)(F)F)n1. The van der Waals surface area contributed by atoms with Gasteiger partial charge in [0.05, 0.1) is 4.47 Å². The molecule has 0 aliphatic carbocycles. The van der Waals surface area contributed by atoms with Gasteiger partial charge < -0.3 is 5.11 Å². The molecule has 9 heteroatoms. The van der Waals surface area contributed by atoms with Crippen molar-refractivity contribution in [3.8, 4) is 0 Å². The lowest BCUT2D eigenvalue weighted by molar-refractivity contribution is -0.291. The van der Waals surface area contributed by atoms with Gasteiger partial charge in [0.25, 0.3) is 0 Å². The predicted octanol–water partition coefficient (Wildman–Crippen LogP) is 2.25. The van der Waals surface area contributed by atoms with Crippen LogP contribution in [0.3, 0.4) is 0 Å². The fourth-order valence-corrected chi connectivity index (χ4v) is 1.38. The van der Waals surface area contributed by atoms with E-state index in [1.807, 2.05) is 0 Å². The summed E-state index contributed by atoms with van der Waals surface area (Å²) in [5.74, 6) is -5.05. The number of nitrogens with zero attached hydrogens (tertiary/aromatic N) is 2. The molecule has 1 N–H and O–H groups in total. The van der Waals surface area contributed by atoms with Crippen LogP contribution in [0.15, 0.2) is 10.7 Å². The number of rotatable bonds is 2. The molecule has 1 aromatic rings. The first-order valence-corrected chi connectivity index (χ1v) is 4.28. The topological polar surface area (TPSA) is 38.0 Å². The zero-order valence-electron chi connectivity index (χ0n) is 6.89. The summed E-state index contributed by atoms with van der Waals surface area (Å²) in [6.07, 6.45) is -4.89. The van der Waals surface area contributed by atoms with Crippen LogP contribution in [0, 0.1) is 0 Å². The maximum atomic E-state index is 12.8. The Kier molecular flexibility index (Phi) is 3.06. The van der Waals surface area contributed by atoms with Crippen molar-refractivity contribution in [2.45, 2.75) is 18.8 Å². The van der Waals surface area contributed by atoms with E-state index in [1.165, 1.54) is 0 Å². The Labute approximate surface area is 88.6 Å². The summed E-state index contributed by atoms with van der Waals surface area (Å²) in [5, 5.41) is 11.4. The van der Waals surface area contributed by atoms with E-state index in [0.717, 1.165) is 6.20 Å². The highest BCUT2D eigenvalue weighted by Gasteiger charge is 2.61. The second-order valence-electron chi connectivity index (χ2n) is 2.58. The van der Waals surface area contributed by atoms with Gasteiger partial charge in [-0.1, -0.05) is 0 Å². The van der Waals surface area contributed by atoms with Crippen molar-refractivity contribution < 1.29 is 27.1 Å². The number of aromatic nitrogens is 2. The molecule has 0 saturated heterocycles. The minimum Gasteiger partial charge on any atom is -0.374 e. The molecule has 1 aromatic heterocycles. The molecule has 0 aromatic carbocycles. The lowest BCUT2D eigenvalue weighted by atomic mass is 10.2. The van der Waals surface area contributed by atoms with E-state index in [-0.39, 0.29) is 0 Å². The molecule has 0 amide bonds. The molecule has 0 aliphatic rings. The van der Waals surface area contributed by atoms with Gasteiger partial charge in [0.2, 0.25) is 0 Å². The van der Waals surface area contributed by atoms with Crippen LogP contribution in [0.1, 0.15) is 5.69 Å². The van der Waals surface area contributed by atoms with Crippen molar-refractivity contribution in [3.63, 3.8) is 0 Å². The maximum Gasteiger partial charge on any atom is 0.459 e.